The number of hydrogen-bond donors (Lipinski definition) is 1. The highest BCUT2D eigenvalue weighted by Gasteiger charge is 1.97. The summed E-state index contributed by atoms with van der Waals surface area (Å²) >= 11 is 0. The predicted molar refractivity (Wildman–Crippen MR) is 68.1 cm³/mol. The summed E-state index contributed by atoms with van der Waals surface area (Å²) < 4.78 is 0. The number of pyridine rings is 1. The van der Waals surface area contributed by atoms with Gasteiger partial charge in [0.25, 0.3) is 0 Å². The molecule has 0 saturated heterocycles. The number of nitrogens with one attached hydrogen (secondary N) is 1. The Kier molecular flexibility index (Phi) is 3.37. The van der Waals surface area contributed by atoms with Gasteiger partial charge in [-0.2, -0.15) is 5.26 Å². The van der Waals surface area contributed by atoms with Gasteiger partial charge in [0.15, 0.2) is 0 Å². The van der Waals surface area contributed by atoms with Gasteiger partial charge in [0.05, 0.1) is 11.9 Å². The summed E-state index contributed by atoms with van der Waals surface area (Å²) in [6.07, 6.45) is 2.68. The smallest absolute Gasteiger partial charge is 0.140 e. The molecule has 3 heteroatoms. The molecular formula is C14H13N3. The number of hydrogen-bond acceptors (Lipinski definition) is 3. The van der Waals surface area contributed by atoms with Crippen molar-refractivity contribution in [2.45, 2.75) is 13.3 Å². The van der Waals surface area contributed by atoms with E-state index in [2.05, 4.69) is 29.4 Å². The molecule has 0 fully saturated rings. The molecule has 1 heterocycles. The van der Waals surface area contributed by atoms with Crippen LogP contribution >= 0.6 is 0 Å². The summed E-state index contributed by atoms with van der Waals surface area (Å²) in [6.45, 7) is 2.13. The minimum atomic E-state index is 0.429. The number of aromatic nitrogens is 1. The number of nitrogens with zero attached hydrogens (tertiary/aromatic N) is 2. The van der Waals surface area contributed by atoms with Crippen LogP contribution in [0.3, 0.4) is 0 Å². The molecule has 0 radical (unpaired) electrons. The Morgan fingerprint density at radius 3 is 2.76 bits per heavy atom. The van der Waals surface area contributed by atoms with Crippen LogP contribution in [0, 0.1) is 11.3 Å². The number of benzene rings is 1. The minimum absolute atomic E-state index is 0.429. The summed E-state index contributed by atoms with van der Waals surface area (Å²) in [5, 5.41) is 11.9. The lowest BCUT2D eigenvalue weighted by Gasteiger charge is -2.07. The van der Waals surface area contributed by atoms with Gasteiger partial charge < -0.3 is 5.32 Å². The minimum Gasteiger partial charge on any atom is -0.354 e. The lowest BCUT2D eigenvalue weighted by atomic mass is 10.1. The Bertz CT molecular complexity index is 538. The van der Waals surface area contributed by atoms with Crippen molar-refractivity contribution in [2.75, 3.05) is 5.32 Å². The third kappa shape index (κ3) is 2.82. The maximum atomic E-state index is 8.65. The van der Waals surface area contributed by atoms with Crippen LogP contribution in [0.4, 0.5) is 11.4 Å². The lowest BCUT2D eigenvalue weighted by Crippen LogP contribution is -1.93. The van der Waals surface area contributed by atoms with E-state index in [1.54, 1.807) is 12.3 Å². The molecule has 0 aliphatic carbocycles. The predicted octanol–water partition coefficient (Wildman–Crippen LogP) is 3.26. The first kappa shape index (κ1) is 11.2. The maximum Gasteiger partial charge on any atom is 0.140 e. The van der Waals surface area contributed by atoms with E-state index in [4.69, 9.17) is 5.26 Å². The molecule has 17 heavy (non-hydrogen) atoms. The van der Waals surface area contributed by atoms with Crippen molar-refractivity contribution in [1.29, 1.82) is 5.26 Å². The SMILES string of the molecule is CCc1cccc(Nc2ccc(C#N)nc2)c1. The van der Waals surface area contributed by atoms with E-state index in [9.17, 15) is 0 Å². The normalized spacial score (nSPS) is 9.65. The molecule has 1 aromatic heterocycles. The molecular weight excluding hydrogens is 210 g/mol. The molecule has 0 aliphatic heterocycles. The molecule has 0 bridgehead atoms. The zero-order chi connectivity index (χ0) is 12.1. The van der Waals surface area contributed by atoms with Crippen LogP contribution in [0.1, 0.15) is 18.2 Å². The fraction of sp³-hybridized carbons (Fsp3) is 0.143. The van der Waals surface area contributed by atoms with Gasteiger partial charge in [0.1, 0.15) is 11.8 Å². The van der Waals surface area contributed by atoms with Crippen molar-refractivity contribution < 1.29 is 0 Å². The van der Waals surface area contributed by atoms with Crippen molar-refractivity contribution in [3.63, 3.8) is 0 Å². The largest absolute Gasteiger partial charge is 0.354 e. The van der Waals surface area contributed by atoms with Crippen molar-refractivity contribution in [3.8, 4) is 6.07 Å². The summed E-state index contributed by atoms with van der Waals surface area (Å²) in [7, 11) is 0. The molecule has 1 aromatic carbocycles. The van der Waals surface area contributed by atoms with Crippen molar-refractivity contribution in [2.24, 2.45) is 0 Å². The topological polar surface area (TPSA) is 48.7 Å². The van der Waals surface area contributed by atoms with Crippen LogP contribution in [-0.2, 0) is 6.42 Å². The number of rotatable bonds is 3. The molecule has 2 rings (SSSR count). The van der Waals surface area contributed by atoms with Crippen molar-refractivity contribution in [3.05, 3.63) is 53.9 Å². The summed E-state index contributed by atoms with van der Waals surface area (Å²) in [4.78, 5) is 4.01. The maximum absolute atomic E-state index is 8.65. The molecule has 0 spiro atoms. The highest BCUT2D eigenvalue weighted by molar-refractivity contribution is 5.59. The second kappa shape index (κ2) is 5.13. The van der Waals surface area contributed by atoms with Crippen LogP contribution in [-0.4, -0.2) is 4.98 Å². The highest BCUT2D eigenvalue weighted by atomic mass is 14.9. The second-order valence-corrected chi connectivity index (χ2v) is 3.72. The third-order valence-corrected chi connectivity index (χ3v) is 2.50. The summed E-state index contributed by atoms with van der Waals surface area (Å²) in [5.41, 5.74) is 3.64. The molecule has 0 unspecified atom stereocenters. The van der Waals surface area contributed by atoms with E-state index >= 15 is 0 Å². The van der Waals surface area contributed by atoms with Crippen molar-refractivity contribution >= 4 is 11.4 Å². The monoisotopic (exact) mass is 223 g/mol. The highest BCUT2D eigenvalue weighted by Crippen LogP contribution is 2.17. The third-order valence-electron chi connectivity index (χ3n) is 2.50. The van der Waals surface area contributed by atoms with E-state index in [1.165, 1.54) is 5.56 Å². The number of aryl methyl sites for hydroxylation is 1. The first-order valence-corrected chi connectivity index (χ1v) is 5.54. The molecule has 0 saturated carbocycles. The zero-order valence-corrected chi connectivity index (χ0v) is 9.64. The van der Waals surface area contributed by atoms with E-state index in [-0.39, 0.29) is 0 Å². The Morgan fingerprint density at radius 2 is 2.12 bits per heavy atom. The molecule has 84 valence electrons. The van der Waals surface area contributed by atoms with E-state index in [0.29, 0.717) is 5.69 Å². The van der Waals surface area contributed by atoms with Gasteiger partial charge in [-0.3, -0.25) is 0 Å². The Morgan fingerprint density at radius 1 is 1.24 bits per heavy atom. The van der Waals surface area contributed by atoms with Gasteiger partial charge in [-0.15, -0.1) is 0 Å². The Labute approximate surface area is 101 Å². The van der Waals surface area contributed by atoms with Crippen LogP contribution in [0.25, 0.3) is 0 Å². The molecule has 0 aliphatic rings. The number of anilines is 2. The average molecular weight is 223 g/mol. The van der Waals surface area contributed by atoms with Crippen LogP contribution in [0.5, 0.6) is 0 Å². The molecule has 1 N–H and O–H groups in total. The molecule has 2 aromatic rings. The average Bonchev–Trinajstić information content (AvgIpc) is 2.40. The van der Waals surface area contributed by atoms with Gasteiger partial charge in [0, 0.05) is 5.69 Å². The van der Waals surface area contributed by atoms with E-state index in [0.717, 1.165) is 17.8 Å². The lowest BCUT2D eigenvalue weighted by molar-refractivity contribution is 1.14. The van der Waals surface area contributed by atoms with Crippen LogP contribution < -0.4 is 5.32 Å². The van der Waals surface area contributed by atoms with Gasteiger partial charge in [-0.1, -0.05) is 19.1 Å². The standard InChI is InChI=1S/C14H13N3/c1-2-11-4-3-5-12(8-11)17-14-7-6-13(9-15)16-10-14/h3-8,10,17H,2H2,1H3. The molecule has 0 atom stereocenters. The summed E-state index contributed by atoms with van der Waals surface area (Å²) in [6, 6.07) is 13.8. The van der Waals surface area contributed by atoms with E-state index in [1.807, 2.05) is 24.3 Å². The number of nitriles is 1. The molecule has 3 nitrogen and oxygen atoms in total. The van der Waals surface area contributed by atoms with Crippen LogP contribution in [0.15, 0.2) is 42.6 Å². The van der Waals surface area contributed by atoms with Crippen molar-refractivity contribution in [1.82, 2.24) is 4.98 Å². The fourth-order valence-corrected chi connectivity index (χ4v) is 1.57. The first-order chi connectivity index (χ1) is 8.31. The fourth-order valence-electron chi connectivity index (χ4n) is 1.57. The van der Waals surface area contributed by atoms with Gasteiger partial charge >= 0.3 is 0 Å². The molecule has 0 amide bonds. The van der Waals surface area contributed by atoms with Gasteiger partial charge in [-0.25, -0.2) is 4.98 Å². The second-order valence-electron chi connectivity index (χ2n) is 3.72. The Hall–Kier alpha value is -2.34. The van der Waals surface area contributed by atoms with Gasteiger partial charge in [-0.05, 0) is 36.2 Å². The quantitative estimate of drug-likeness (QED) is 0.868. The zero-order valence-electron chi connectivity index (χ0n) is 9.64. The Balaban J connectivity index is 2.16. The van der Waals surface area contributed by atoms with E-state index < -0.39 is 0 Å². The first-order valence-electron chi connectivity index (χ1n) is 5.54. The van der Waals surface area contributed by atoms with Crippen LogP contribution in [0.2, 0.25) is 0 Å². The van der Waals surface area contributed by atoms with Gasteiger partial charge in [0.2, 0.25) is 0 Å². The summed E-state index contributed by atoms with van der Waals surface area (Å²) in [5.74, 6) is 0.